The van der Waals surface area contributed by atoms with E-state index in [0.717, 1.165) is 0 Å². The molecule has 0 aliphatic carbocycles. The first-order valence-electron chi connectivity index (χ1n) is 4.80. The maximum Gasteiger partial charge on any atom is 0.146 e. The van der Waals surface area contributed by atoms with E-state index in [9.17, 15) is 4.39 Å². The van der Waals surface area contributed by atoms with Gasteiger partial charge in [-0.2, -0.15) is 0 Å². The van der Waals surface area contributed by atoms with E-state index >= 15 is 0 Å². The lowest BCUT2D eigenvalue weighted by Gasteiger charge is -2.11. The Morgan fingerprint density at radius 1 is 0.889 bits per heavy atom. The third kappa shape index (κ3) is 2.39. The molecule has 0 saturated heterocycles. The lowest BCUT2D eigenvalue weighted by molar-refractivity contribution is 0.633. The van der Waals surface area contributed by atoms with Gasteiger partial charge in [0.25, 0.3) is 0 Å². The summed E-state index contributed by atoms with van der Waals surface area (Å²) in [5, 5.41) is 0.887. The van der Waals surface area contributed by atoms with E-state index in [1.54, 1.807) is 6.07 Å². The average Bonchev–Trinajstić information content (AvgIpc) is 2.31. The molecule has 6 heteroatoms. The van der Waals surface area contributed by atoms with Gasteiger partial charge in [0, 0.05) is 5.56 Å². The summed E-state index contributed by atoms with van der Waals surface area (Å²) in [6.07, 6.45) is 0. The van der Waals surface area contributed by atoms with Gasteiger partial charge >= 0.3 is 0 Å². The second kappa shape index (κ2) is 5.14. The molecule has 0 saturated carbocycles. The zero-order valence-corrected chi connectivity index (χ0v) is 11.8. The van der Waals surface area contributed by atoms with Crippen LogP contribution in [-0.2, 0) is 0 Å². The van der Waals surface area contributed by atoms with E-state index in [2.05, 4.69) is 0 Å². The Balaban J connectivity index is 2.71. The summed E-state index contributed by atoms with van der Waals surface area (Å²) in [6.45, 7) is 0. The predicted octanol–water partition coefficient (Wildman–Crippen LogP) is 5.69. The molecule has 0 amide bonds. The van der Waals surface area contributed by atoms with Gasteiger partial charge in [-0.15, -0.1) is 0 Å². The monoisotopic (exact) mass is 323 g/mol. The quantitative estimate of drug-likeness (QED) is 0.407. The van der Waals surface area contributed by atoms with Gasteiger partial charge in [-0.3, -0.25) is 0 Å². The first-order chi connectivity index (χ1) is 8.41. The van der Waals surface area contributed by atoms with Crippen LogP contribution in [0.2, 0.25) is 20.1 Å². The number of halogens is 5. The molecule has 0 unspecified atom stereocenters. The maximum atomic E-state index is 13.4. The van der Waals surface area contributed by atoms with Crippen LogP contribution in [0.4, 0.5) is 10.1 Å². The van der Waals surface area contributed by atoms with Crippen molar-refractivity contribution >= 4 is 52.1 Å². The van der Waals surface area contributed by atoms with Crippen molar-refractivity contribution in [3.05, 3.63) is 50.2 Å². The average molecular weight is 325 g/mol. The van der Waals surface area contributed by atoms with E-state index in [1.165, 1.54) is 18.2 Å². The molecule has 0 heterocycles. The fourth-order valence-corrected chi connectivity index (χ4v) is 2.64. The van der Waals surface area contributed by atoms with Crippen molar-refractivity contribution in [3.8, 4) is 11.1 Å². The Morgan fingerprint density at radius 2 is 1.56 bits per heavy atom. The molecular formula is C12H6Cl4FN. The van der Waals surface area contributed by atoms with E-state index in [0.29, 0.717) is 16.1 Å². The van der Waals surface area contributed by atoms with Gasteiger partial charge in [-0.25, -0.2) is 4.39 Å². The standard InChI is InChI=1S/C12H6Cl4FN/c13-6-4-7(14)11(15)12(16)10(6)5-1-2-9(18)8(17)3-5/h1-4H,18H2. The lowest BCUT2D eigenvalue weighted by Crippen LogP contribution is -1.91. The zero-order valence-electron chi connectivity index (χ0n) is 8.78. The molecule has 0 radical (unpaired) electrons. The van der Waals surface area contributed by atoms with Crippen LogP contribution in [0.5, 0.6) is 0 Å². The molecule has 94 valence electrons. The molecule has 18 heavy (non-hydrogen) atoms. The molecule has 1 nitrogen and oxygen atoms in total. The normalized spacial score (nSPS) is 10.7. The molecule has 0 bridgehead atoms. The molecule has 0 aliphatic rings. The van der Waals surface area contributed by atoms with Gasteiger partial charge < -0.3 is 5.73 Å². The van der Waals surface area contributed by atoms with Crippen molar-refractivity contribution in [2.45, 2.75) is 0 Å². The number of anilines is 1. The van der Waals surface area contributed by atoms with E-state index in [-0.39, 0.29) is 20.8 Å². The van der Waals surface area contributed by atoms with E-state index in [4.69, 9.17) is 52.1 Å². The minimum Gasteiger partial charge on any atom is -0.396 e. The highest BCUT2D eigenvalue weighted by atomic mass is 35.5. The van der Waals surface area contributed by atoms with Crippen LogP contribution in [0.25, 0.3) is 11.1 Å². The fraction of sp³-hybridized carbons (Fsp3) is 0. The van der Waals surface area contributed by atoms with Gasteiger partial charge in [-0.1, -0.05) is 52.5 Å². The number of hydrogen-bond donors (Lipinski definition) is 1. The Labute approximate surface area is 123 Å². The van der Waals surface area contributed by atoms with Crippen LogP contribution >= 0.6 is 46.4 Å². The highest BCUT2D eigenvalue weighted by Crippen LogP contribution is 2.43. The van der Waals surface area contributed by atoms with Gasteiger partial charge in [0.1, 0.15) is 5.82 Å². The van der Waals surface area contributed by atoms with Crippen molar-refractivity contribution in [3.63, 3.8) is 0 Å². The first kappa shape index (κ1) is 13.8. The molecule has 0 atom stereocenters. The topological polar surface area (TPSA) is 26.0 Å². The molecule has 0 aliphatic heterocycles. The number of nitrogen functional groups attached to an aromatic ring is 1. The largest absolute Gasteiger partial charge is 0.396 e. The van der Waals surface area contributed by atoms with Gasteiger partial charge in [-0.05, 0) is 23.8 Å². The number of benzene rings is 2. The SMILES string of the molecule is Nc1ccc(-c2c(Cl)cc(Cl)c(Cl)c2Cl)cc1F. The molecule has 0 spiro atoms. The molecular weight excluding hydrogens is 319 g/mol. The Hall–Kier alpha value is -0.670. The Morgan fingerprint density at radius 3 is 2.17 bits per heavy atom. The van der Waals surface area contributed by atoms with Crippen molar-refractivity contribution in [1.29, 1.82) is 0 Å². The van der Waals surface area contributed by atoms with Crippen LogP contribution in [-0.4, -0.2) is 0 Å². The van der Waals surface area contributed by atoms with Gasteiger partial charge in [0.05, 0.1) is 25.8 Å². The zero-order chi connectivity index (χ0) is 13.4. The van der Waals surface area contributed by atoms with Crippen LogP contribution in [0.15, 0.2) is 24.3 Å². The molecule has 2 rings (SSSR count). The van der Waals surface area contributed by atoms with Crippen LogP contribution < -0.4 is 5.73 Å². The predicted molar refractivity (Wildman–Crippen MR) is 76.3 cm³/mol. The van der Waals surface area contributed by atoms with Crippen LogP contribution in [0.1, 0.15) is 0 Å². The van der Waals surface area contributed by atoms with E-state index < -0.39 is 5.82 Å². The van der Waals surface area contributed by atoms with E-state index in [1.807, 2.05) is 0 Å². The highest BCUT2D eigenvalue weighted by molar-refractivity contribution is 6.51. The van der Waals surface area contributed by atoms with Crippen LogP contribution in [0, 0.1) is 5.82 Å². The summed E-state index contributed by atoms with van der Waals surface area (Å²) in [5.74, 6) is -0.550. The van der Waals surface area contributed by atoms with Crippen molar-refractivity contribution in [1.82, 2.24) is 0 Å². The Bertz CT molecular complexity index is 628. The number of hydrogen-bond acceptors (Lipinski definition) is 1. The van der Waals surface area contributed by atoms with Gasteiger partial charge in [0.2, 0.25) is 0 Å². The minimum atomic E-state index is -0.550. The summed E-state index contributed by atoms with van der Waals surface area (Å²) in [6, 6.07) is 5.74. The van der Waals surface area contributed by atoms with Crippen molar-refractivity contribution < 1.29 is 4.39 Å². The Kier molecular flexibility index (Phi) is 3.93. The van der Waals surface area contributed by atoms with Crippen molar-refractivity contribution in [2.75, 3.05) is 5.73 Å². The third-order valence-corrected chi connectivity index (χ3v) is 3.96. The molecule has 2 aromatic carbocycles. The summed E-state index contributed by atoms with van der Waals surface area (Å²) in [4.78, 5) is 0. The molecule has 0 fully saturated rings. The molecule has 2 N–H and O–H groups in total. The second-order valence-electron chi connectivity index (χ2n) is 3.58. The second-order valence-corrected chi connectivity index (χ2v) is 5.15. The maximum absolute atomic E-state index is 13.4. The lowest BCUT2D eigenvalue weighted by atomic mass is 10.0. The highest BCUT2D eigenvalue weighted by Gasteiger charge is 2.16. The molecule has 0 aromatic heterocycles. The number of rotatable bonds is 1. The summed E-state index contributed by atoms with van der Waals surface area (Å²) < 4.78 is 13.4. The smallest absolute Gasteiger partial charge is 0.146 e. The molecule has 2 aromatic rings. The minimum absolute atomic E-state index is 0.0473. The fourth-order valence-electron chi connectivity index (χ4n) is 1.51. The van der Waals surface area contributed by atoms with Crippen LogP contribution in [0.3, 0.4) is 0 Å². The summed E-state index contributed by atoms with van der Waals surface area (Å²) in [7, 11) is 0. The summed E-state index contributed by atoms with van der Waals surface area (Å²) in [5.41, 5.74) is 6.36. The first-order valence-corrected chi connectivity index (χ1v) is 6.31. The third-order valence-electron chi connectivity index (χ3n) is 2.40. The number of nitrogens with two attached hydrogens (primary N) is 1. The van der Waals surface area contributed by atoms with Gasteiger partial charge in [0.15, 0.2) is 0 Å². The van der Waals surface area contributed by atoms with Crippen molar-refractivity contribution in [2.24, 2.45) is 0 Å². The summed E-state index contributed by atoms with van der Waals surface area (Å²) >= 11 is 23.9.